The van der Waals surface area contributed by atoms with Crippen LogP contribution in [0.4, 0.5) is 5.69 Å². The topological polar surface area (TPSA) is 76.2 Å². The fourth-order valence-corrected chi connectivity index (χ4v) is 3.32. The third-order valence-corrected chi connectivity index (χ3v) is 4.92. The summed E-state index contributed by atoms with van der Waals surface area (Å²) in [5.74, 6) is 2.00. The number of ether oxygens (including phenoxy) is 2. The molecule has 0 unspecified atom stereocenters. The summed E-state index contributed by atoms with van der Waals surface area (Å²) in [4.78, 5) is 20.5. The Morgan fingerprint density at radius 3 is 2.60 bits per heavy atom. The van der Waals surface area contributed by atoms with Crippen molar-refractivity contribution in [3.05, 3.63) is 72.3 Å². The molecule has 0 atom stereocenters. The fraction of sp³-hybridized carbons (Fsp3) is 0.167. The number of methoxy groups -OCH3 is 2. The maximum atomic E-state index is 12.4. The molecule has 3 aromatic carbocycles. The lowest BCUT2D eigenvalue weighted by Crippen LogP contribution is -2.13. The zero-order valence-electron chi connectivity index (χ0n) is 16.9. The van der Waals surface area contributed by atoms with Gasteiger partial charge in [-0.1, -0.05) is 36.4 Å². The van der Waals surface area contributed by atoms with Gasteiger partial charge in [0.15, 0.2) is 0 Å². The molecule has 30 heavy (non-hydrogen) atoms. The molecule has 4 aromatic rings. The van der Waals surface area contributed by atoms with E-state index in [-0.39, 0.29) is 5.91 Å². The minimum absolute atomic E-state index is 0.0758. The number of hydrogen-bond donors (Lipinski definition) is 2. The molecule has 152 valence electrons. The second-order valence-electron chi connectivity index (χ2n) is 6.92. The van der Waals surface area contributed by atoms with Crippen molar-refractivity contribution in [2.75, 3.05) is 19.5 Å². The summed E-state index contributed by atoms with van der Waals surface area (Å²) in [6.07, 6.45) is 0.986. The van der Waals surface area contributed by atoms with Crippen LogP contribution in [0.25, 0.3) is 22.4 Å². The number of fused-ring (bicyclic) bond motifs is 1. The summed E-state index contributed by atoms with van der Waals surface area (Å²) in [5, 5.41) is 2.91. The van der Waals surface area contributed by atoms with E-state index >= 15 is 0 Å². The fourth-order valence-electron chi connectivity index (χ4n) is 3.32. The number of benzene rings is 3. The zero-order valence-corrected chi connectivity index (χ0v) is 16.9. The predicted octanol–water partition coefficient (Wildman–Crippen LogP) is 4.82. The van der Waals surface area contributed by atoms with Crippen LogP contribution in [0.15, 0.2) is 66.7 Å². The number of imidazole rings is 1. The highest BCUT2D eigenvalue weighted by Gasteiger charge is 2.10. The Bertz CT molecular complexity index is 1170. The standard InChI is InChI=1S/C24H23N3O3/c1-29-18-10-12-20(22(15-18)30-2)25-23(28)13-9-16-8-11-19-21(14-16)27-24(26-19)17-6-4-3-5-7-17/h3-8,10-12,14-15H,9,13H2,1-2H3,(H,25,28)(H,26,27). The minimum Gasteiger partial charge on any atom is -0.497 e. The highest BCUT2D eigenvalue weighted by atomic mass is 16.5. The molecular formula is C24H23N3O3. The van der Waals surface area contributed by atoms with E-state index in [0.29, 0.717) is 30.0 Å². The molecule has 4 rings (SSSR count). The molecule has 0 bridgehead atoms. The van der Waals surface area contributed by atoms with Crippen molar-refractivity contribution in [3.8, 4) is 22.9 Å². The summed E-state index contributed by atoms with van der Waals surface area (Å²) in [7, 11) is 3.15. The van der Waals surface area contributed by atoms with Gasteiger partial charge in [-0.3, -0.25) is 4.79 Å². The first-order chi connectivity index (χ1) is 14.7. The maximum absolute atomic E-state index is 12.4. The normalized spacial score (nSPS) is 10.7. The van der Waals surface area contributed by atoms with Crippen molar-refractivity contribution in [2.24, 2.45) is 0 Å². The van der Waals surface area contributed by atoms with Gasteiger partial charge in [0.05, 0.1) is 30.9 Å². The average Bonchev–Trinajstić information content (AvgIpc) is 3.22. The van der Waals surface area contributed by atoms with Gasteiger partial charge in [-0.05, 0) is 36.2 Å². The molecule has 0 aliphatic carbocycles. The van der Waals surface area contributed by atoms with Crippen LogP contribution in [0.1, 0.15) is 12.0 Å². The van der Waals surface area contributed by atoms with E-state index < -0.39 is 0 Å². The number of aryl methyl sites for hydroxylation is 1. The van der Waals surface area contributed by atoms with Gasteiger partial charge in [-0.2, -0.15) is 0 Å². The highest BCUT2D eigenvalue weighted by Crippen LogP contribution is 2.29. The second-order valence-corrected chi connectivity index (χ2v) is 6.92. The summed E-state index contributed by atoms with van der Waals surface area (Å²) < 4.78 is 10.5. The number of nitrogens with one attached hydrogen (secondary N) is 2. The Morgan fingerprint density at radius 1 is 1.00 bits per heavy atom. The molecule has 1 heterocycles. The van der Waals surface area contributed by atoms with E-state index in [1.807, 2.05) is 42.5 Å². The van der Waals surface area contributed by atoms with E-state index in [2.05, 4.69) is 21.4 Å². The number of amides is 1. The van der Waals surface area contributed by atoms with Gasteiger partial charge in [0, 0.05) is 18.1 Å². The number of H-pyrrole nitrogens is 1. The van der Waals surface area contributed by atoms with Crippen LogP contribution < -0.4 is 14.8 Å². The Labute approximate surface area is 174 Å². The molecule has 0 fully saturated rings. The summed E-state index contributed by atoms with van der Waals surface area (Å²) in [6.45, 7) is 0. The van der Waals surface area contributed by atoms with Gasteiger partial charge in [0.25, 0.3) is 0 Å². The van der Waals surface area contributed by atoms with Crippen LogP contribution in [0.3, 0.4) is 0 Å². The lowest BCUT2D eigenvalue weighted by molar-refractivity contribution is -0.116. The van der Waals surface area contributed by atoms with E-state index in [0.717, 1.165) is 28.0 Å². The molecule has 1 aromatic heterocycles. The largest absolute Gasteiger partial charge is 0.497 e. The number of anilines is 1. The lowest BCUT2D eigenvalue weighted by atomic mass is 10.1. The van der Waals surface area contributed by atoms with Crippen molar-refractivity contribution in [3.63, 3.8) is 0 Å². The lowest BCUT2D eigenvalue weighted by Gasteiger charge is -2.11. The first-order valence-corrected chi connectivity index (χ1v) is 9.72. The number of aromatic nitrogens is 2. The second kappa shape index (κ2) is 8.69. The first kappa shape index (κ1) is 19.5. The van der Waals surface area contributed by atoms with Crippen molar-refractivity contribution in [2.45, 2.75) is 12.8 Å². The molecule has 0 saturated carbocycles. The molecule has 0 radical (unpaired) electrons. The van der Waals surface area contributed by atoms with E-state index in [4.69, 9.17) is 9.47 Å². The Morgan fingerprint density at radius 2 is 1.83 bits per heavy atom. The third kappa shape index (κ3) is 4.27. The molecule has 1 amide bonds. The summed E-state index contributed by atoms with van der Waals surface area (Å²) in [6, 6.07) is 21.4. The number of rotatable bonds is 7. The Kier molecular flexibility index (Phi) is 5.66. The van der Waals surface area contributed by atoms with Gasteiger partial charge in [-0.25, -0.2) is 4.98 Å². The van der Waals surface area contributed by atoms with Crippen molar-refractivity contribution in [1.29, 1.82) is 0 Å². The van der Waals surface area contributed by atoms with Crippen molar-refractivity contribution < 1.29 is 14.3 Å². The summed E-state index contributed by atoms with van der Waals surface area (Å²) in [5.41, 5.74) is 4.61. The maximum Gasteiger partial charge on any atom is 0.224 e. The van der Waals surface area contributed by atoms with Gasteiger partial charge in [0.1, 0.15) is 17.3 Å². The average molecular weight is 401 g/mol. The van der Waals surface area contributed by atoms with Crippen LogP contribution in [-0.4, -0.2) is 30.1 Å². The molecule has 0 saturated heterocycles. The van der Waals surface area contributed by atoms with Crippen LogP contribution in [0.2, 0.25) is 0 Å². The number of aromatic amines is 1. The molecular weight excluding hydrogens is 378 g/mol. The van der Waals surface area contributed by atoms with Crippen LogP contribution in [0, 0.1) is 0 Å². The van der Waals surface area contributed by atoms with Crippen molar-refractivity contribution >= 4 is 22.6 Å². The first-order valence-electron chi connectivity index (χ1n) is 9.72. The number of carbonyl (C=O) groups excluding carboxylic acids is 1. The van der Waals surface area contributed by atoms with Crippen LogP contribution in [0.5, 0.6) is 11.5 Å². The third-order valence-electron chi connectivity index (χ3n) is 4.92. The molecule has 0 aliphatic rings. The molecule has 2 N–H and O–H groups in total. The van der Waals surface area contributed by atoms with Gasteiger partial charge in [-0.15, -0.1) is 0 Å². The Balaban J connectivity index is 1.43. The highest BCUT2D eigenvalue weighted by molar-refractivity contribution is 5.92. The molecule has 6 heteroatoms. The van der Waals surface area contributed by atoms with Crippen molar-refractivity contribution in [1.82, 2.24) is 9.97 Å². The zero-order chi connectivity index (χ0) is 20.9. The number of carbonyl (C=O) groups is 1. The SMILES string of the molecule is COc1ccc(NC(=O)CCc2ccc3nc(-c4ccccc4)[nH]c3c2)c(OC)c1. The number of hydrogen-bond acceptors (Lipinski definition) is 4. The van der Waals surface area contributed by atoms with E-state index in [1.54, 1.807) is 32.4 Å². The smallest absolute Gasteiger partial charge is 0.224 e. The quantitative estimate of drug-likeness (QED) is 0.466. The Hall–Kier alpha value is -3.80. The molecule has 6 nitrogen and oxygen atoms in total. The number of nitrogens with zero attached hydrogens (tertiary/aromatic N) is 1. The predicted molar refractivity (Wildman–Crippen MR) is 118 cm³/mol. The van der Waals surface area contributed by atoms with Crippen LogP contribution in [-0.2, 0) is 11.2 Å². The summed E-state index contributed by atoms with van der Waals surface area (Å²) >= 11 is 0. The van der Waals surface area contributed by atoms with Gasteiger partial charge < -0.3 is 19.8 Å². The molecule has 0 aliphatic heterocycles. The van der Waals surface area contributed by atoms with E-state index in [1.165, 1.54) is 0 Å². The monoisotopic (exact) mass is 401 g/mol. The van der Waals surface area contributed by atoms with Crippen LogP contribution >= 0.6 is 0 Å². The van der Waals surface area contributed by atoms with Gasteiger partial charge in [0.2, 0.25) is 5.91 Å². The van der Waals surface area contributed by atoms with E-state index in [9.17, 15) is 4.79 Å². The molecule has 0 spiro atoms. The minimum atomic E-state index is -0.0758. The van der Waals surface area contributed by atoms with Gasteiger partial charge >= 0.3 is 0 Å².